The van der Waals surface area contributed by atoms with Gasteiger partial charge in [-0.2, -0.15) is 4.68 Å². The molecule has 0 fully saturated rings. The van der Waals surface area contributed by atoms with Gasteiger partial charge in [-0.3, -0.25) is 4.79 Å². The third-order valence-corrected chi connectivity index (χ3v) is 3.54. The van der Waals surface area contributed by atoms with E-state index in [-0.39, 0.29) is 11.6 Å². The molecule has 0 spiro atoms. The fourth-order valence-corrected chi connectivity index (χ4v) is 2.25. The molecule has 140 valence electrons. The average molecular weight is 367 g/mol. The molecule has 0 saturated heterocycles. The summed E-state index contributed by atoms with van der Waals surface area (Å²) in [6.45, 7) is 9.14. The van der Waals surface area contributed by atoms with Gasteiger partial charge in [0, 0.05) is 13.1 Å². The van der Waals surface area contributed by atoms with E-state index in [9.17, 15) is 9.59 Å². The molecular weight excluding hydrogens is 346 g/mol. The molecule has 0 aliphatic heterocycles. The molecular formula is C19H21N5O3. The first-order chi connectivity index (χ1) is 13.1. The van der Waals surface area contributed by atoms with E-state index in [1.165, 1.54) is 9.58 Å². The molecule has 8 heteroatoms. The van der Waals surface area contributed by atoms with Crippen molar-refractivity contribution in [1.82, 2.24) is 25.1 Å². The molecule has 0 aliphatic carbocycles. The van der Waals surface area contributed by atoms with Gasteiger partial charge < -0.3 is 9.64 Å². The van der Waals surface area contributed by atoms with Crippen LogP contribution in [0.25, 0.3) is 11.8 Å². The number of carbonyl (C=O) groups excluding carboxylic acids is 2. The van der Waals surface area contributed by atoms with Crippen LogP contribution in [0.2, 0.25) is 0 Å². The van der Waals surface area contributed by atoms with Gasteiger partial charge >= 0.3 is 5.97 Å². The second kappa shape index (κ2) is 9.81. The Labute approximate surface area is 157 Å². The quantitative estimate of drug-likeness (QED) is 0.381. The number of esters is 1. The van der Waals surface area contributed by atoms with E-state index in [0.717, 1.165) is 5.56 Å². The van der Waals surface area contributed by atoms with Crippen molar-refractivity contribution in [2.45, 2.75) is 6.92 Å². The molecule has 0 unspecified atom stereocenters. The maximum absolute atomic E-state index is 12.6. The molecule has 0 radical (unpaired) electrons. The Morgan fingerprint density at radius 1 is 1.19 bits per heavy atom. The standard InChI is InChI=1S/C19H21N5O3/c1-4-11-23(12-5-2)18(25)14-27-19(26)17(24-15(3)20-21-22-24)13-16-9-7-6-8-10-16/h4-10,13H,1-2,11-12,14H2,3H3/b17-13-. The van der Waals surface area contributed by atoms with Gasteiger partial charge in [-0.15, -0.1) is 18.3 Å². The van der Waals surface area contributed by atoms with Gasteiger partial charge in [0.1, 0.15) is 0 Å². The van der Waals surface area contributed by atoms with E-state index in [4.69, 9.17) is 4.74 Å². The molecule has 2 rings (SSSR count). The molecule has 1 amide bonds. The predicted molar refractivity (Wildman–Crippen MR) is 101 cm³/mol. The number of hydrogen-bond acceptors (Lipinski definition) is 6. The van der Waals surface area contributed by atoms with E-state index < -0.39 is 12.6 Å². The fourth-order valence-electron chi connectivity index (χ4n) is 2.25. The van der Waals surface area contributed by atoms with Crippen LogP contribution in [0.15, 0.2) is 55.6 Å². The van der Waals surface area contributed by atoms with Crippen molar-refractivity contribution in [3.05, 3.63) is 67.0 Å². The van der Waals surface area contributed by atoms with Crippen molar-refractivity contribution in [2.75, 3.05) is 19.7 Å². The van der Waals surface area contributed by atoms with E-state index in [0.29, 0.717) is 18.9 Å². The highest BCUT2D eigenvalue weighted by Gasteiger charge is 2.20. The molecule has 0 bridgehead atoms. The lowest BCUT2D eigenvalue weighted by Crippen LogP contribution is -2.35. The van der Waals surface area contributed by atoms with Crippen LogP contribution < -0.4 is 0 Å². The van der Waals surface area contributed by atoms with Crippen LogP contribution in [0.5, 0.6) is 0 Å². The summed E-state index contributed by atoms with van der Waals surface area (Å²) in [5, 5.41) is 11.2. The van der Waals surface area contributed by atoms with Crippen molar-refractivity contribution in [3.8, 4) is 0 Å². The maximum atomic E-state index is 12.6. The average Bonchev–Trinajstić information content (AvgIpc) is 3.10. The molecule has 1 aromatic carbocycles. The molecule has 27 heavy (non-hydrogen) atoms. The Bertz CT molecular complexity index is 832. The normalized spacial score (nSPS) is 10.9. The van der Waals surface area contributed by atoms with Crippen molar-refractivity contribution in [1.29, 1.82) is 0 Å². The fraction of sp³-hybridized carbons (Fsp3) is 0.211. The smallest absolute Gasteiger partial charge is 0.357 e. The Hall–Kier alpha value is -3.55. The summed E-state index contributed by atoms with van der Waals surface area (Å²) in [6, 6.07) is 9.20. The Kier molecular flexibility index (Phi) is 7.18. The number of amides is 1. The summed E-state index contributed by atoms with van der Waals surface area (Å²) in [6.07, 6.45) is 4.78. The minimum Gasteiger partial charge on any atom is -0.451 e. The lowest BCUT2D eigenvalue weighted by atomic mass is 10.2. The topological polar surface area (TPSA) is 90.2 Å². The minimum absolute atomic E-state index is 0.107. The van der Waals surface area contributed by atoms with Gasteiger partial charge in [0.05, 0.1) is 0 Å². The van der Waals surface area contributed by atoms with Crippen molar-refractivity contribution >= 4 is 23.6 Å². The monoisotopic (exact) mass is 367 g/mol. The van der Waals surface area contributed by atoms with Crippen LogP contribution in [0.1, 0.15) is 11.4 Å². The number of rotatable bonds is 9. The highest BCUT2D eigenvalue weighted by atomic mass is 16.5. The number of benzene rings is 1. The second-order valence-corrected chi connectivity index (χ2v) is 5.53. The van der Waals surface area contributed by atoms with E-state index in [1.54, 1.807) is 25.2 Å². The van der Waals surface area contributed by atoms with Crippen LogP contribution in [0.4, 0.5) is 0 Å². The van der Waals surface area contributed by atoms with Crippen molar-refractivity contribution in [2.24, 2.45) is 0 Å². The van der Waals surface area contributed by atoms with E-state index in [2.05, 4.69) is 28.7 Å². The first kappa shape index (κ1) is 19.8. The number of aromatic nitrogens is 4. The van der Waals surface area contributed by atoms with E-state index in [1.807, 2.05) is 30.3 Å². The summed E-state index contributed by atoms with van der Waals surface area (Å²) in [5.41, 5.74) is 0.876. The molecule has 0 aliphatic rings. The summed E-state index contributed by atoms with van der Waals surface area (Å²) < 4.78 is 6.48. The highest BCUT2D eigenvalue weighted by molar-refractivity contribution is 6.15. The number of tetrazole rings is 1. The number of aryl methyl sites for hydroxylation is 1. The van der Waals surface area contributed by atoms with Crippen LogP contribution in [0, 0.1) is 6.92 Å². The number of ether oxygens (including phenoxy) is 1. The summed E-state index contributed by atoms with van der Waals surface area (Å²) in [7, 11) is 0. The third kappa shape index (κ3) is 5.46. The van der Waals surface area contributed by atoms with Gasteiger partial charge in [0.2, 0.25) is 0 Å². The van der Waals surface area contributed by atoms with Gasteiger partial charge in [0.25, 0.3) is 5.91 Å². The summed E-state index contributed by atoms with van der Waals surface area (Å²) in [4.78, 5) is 26.3. The van der Waals surface area contributed by atoms with Crippen molar-refractivity contribution < 1.29 is 14.3 Å². The minimum atomic E-state index is -0.709. The molecule has 0 atom stereocenters. The molecule has 8 nitrogen and oxygen atoms in total. The van der Waals surface area contributed by atoms with E-state index >= 15 is 0 Å². The predicted octanol–water partition coefficient (Wildman–Crippen LogP) is 1.72. The summed E-state index contributed by atoms with van der Waals surface area (Å²) >= 11 is 0. The lowest BCUT2D eigenvalue weighted by molar-refractivity contribution is -0.147. The Balaban J connectivity index is 2.19. The Morgan fingerprint density at radius 2 is 1.85 bits per heavy atom. The van der Waals surface area contributed by atoms with Gasteiger partial charge in [-0.1, -0.05) is 42.5 Å². The molecule has 1 aromatic heterocycles. The largest absolute Gasteiger partial charge is 0.451 e. The van der Waals surface area contributed by atoms with Crippen molar-refractivity contribution in [3.63, 3.8) is 0 Å². The lowest BCUT2D eigenvalue weighted by Gasteiger charge is -2.19. The first-order valence-electron chi connectivity index (χ1n) is 8.25. The number of carbonyl (C=O) groups is 2. The zero-order valence-corrected chi connectivity index (χ0v) is 15.1. The van der Waals surface area contributed by atoms with Gasteiger partial charge in [-0.05, 0) is 29.0 Å². The zero-order valence-electron chi connectivity index (χ0n) is 15.1. The third-order valence-electron chi connectivity index (χ3n) is 3.54. The first-order valence-corrected chi connectivity index (χ1v) is 8.25. The maximum Gasteiger partial charge on any atom is 0.357 e. The van der Waals surface area contributed by atoms with Crippen LogP contribution >= 0.6 is 0 Å². The molecule has 0 N–H and O–H groups in total. The highest BCUT2D eigenvalue weighted by Crippen LogP contribution is 2.13. The van der Waals surface area contributed by atoms with Gasteiger partial charge in [-0.25, -0.2) is 4.79 Å². The van der Waals surface area contributed by atoms with Crippen LogP contribution in [-0.2, 0) is 14.3 Å². The molecule has 2 aromatic rings. The Morgan fingerprint density at radius 3 is 2.41 bits per heavy atom. The van der Waals surface area contributed by atoms with Crippen LogP contribution in [-0.4, -0.2) is 56.7 Å². The number of hydrogen-bond donors (Lipinski definition) is 0. The zero-order chi connectivity index (χ0) is 19.6. The van der Waals surface area contributed by atoms with Crippen LogP contribution in [0.3, 0.4) is 0 Å². The number of nitrogens with zero attached hydrogens (tertiary/aromatic N) is 5. The summed E-state index contributed by atoms with van der Waals surface area (Å²) in [5.74, 6) is -0.643. The van der Waals surface area contributed by atoms with Gasteiger partial charge in [0.15, 0.2) is 18.1 Å². The molecule has 0 saturated carbocycles. The second-order valence-electron chi connectivity index (χ2n) is 5.53. The SMILES string of the molecule is C=CCN(CC=C)C(=O)COC(=O)/C(=C/c1ccccc1)n1nnnc1C. The molecule has 1 heterocycles.